The molecule has 2 heterocycles. The monoisotopic (exact) mass is 380 g/mol. The van der Waals surface area contributed by atoms with E-state index in [1.807, 2.05) is 6.08 Å². The van der Waals surface area contributed by atoms with Gasteiger partial charge in [-0.1, -0.05) is 26.8 Å². The van der Waals surface area contributed by atoms with E-state index >= 15 is 0 Å². The second kappa shape index (κ2) is 7.66. The quantitative estimate of drug-likeness (QED) is 0.607. The van der Waals surface area contributed by atoms with Gasteiger partial charge in [0.15, 0.2) is 8.32 Å². The fourth-order valence-corrected chi connectivity index (χ4v) is 3.92. The van der Waals surface area contributed by atoms with Crippen molar-refractivity contribution in [3.8, 4) is 0 Å². The molecule has 26 heavy (non-hydrogen) atoms. The molecular weight excluding hydrogens is 348 g/mol. The number of allylic oxidation sites excluding steroid dienone is 1. The van der Waals surface area contributed by atoms with Gasteiger partial charge in [-0.25, -0.2) is 4.79 Å². The minimum absolute atomic E-state index is 0.0914. The summed E-state index contributed by atoms with van der Waals surface area (Å²) in [5.74, 6) is 0.237. The minimum atomic E-state index is -1.88. The van der Waals surface area contributed by atoms with Crippen LogP contribution < -0.4 is 11.2 Å². The molecule has 0 amide bonds. The highest BCUT2D eigenvalue weighted by Crippen LogP contribution is 2.39. The molecule has 7 heteroatoms. The summed E-state index contributed by atoms with van der Waals surface area (Å²) in [6, 6.07) is 0. The lowest BCUT2D eigenvalue weighted by Gasteiger charge is -2.37. The highest BCUT2D eigenvalue weighted by atomic mass is 28.4. The average molecular weight is 381 g/mol. The van der Waals surface area contributed by atoms with Crippen molar-refractivity contribution in [3.05, 3.63) is 45.3 Å². The molecule has 1 aromatic heterocycles. The van der Waals surface area contributed by atoms with E-state index in [-0.39, 0.29) is 22.6 Å². The Morgan fingerprint density at radius 1 is 1.42 bits per heavy atom. The van der Waals surface area contributed by atoms with Gasteiger partial charge in [-0.2, -0.15) is 0 Å². The molecule has 6 nitrogen and oxygen atoms in total. The van der Waals surface area contributed by atoms with Crippen LogP contribution in [0.15, 0.2) is 28.4 Å². The third kappa shape index (κ3) is 4.45. The number of nitrogens with one attached hydrogen (secondary N) is 1. The summed E-state index contributed by atoms with van der Waals surface area (Å²) >= 11 is 0. The molecule has 1 N–H and O–H groups in total. The Morgan fingerprint density at radius 2 is 2.08 bits per heavy atom. The number of rotatable bonds is 6. The summed E-state index contributed by atoms with van der Waals surface area (Å²) in [6.45, 7) is 17.1. The summed E-state index contributed by atoms with van der Waals surface area (Å²) in [6.07, 6.45) is 4.48. The summed E-state index contributed by atoms with van der Waals surface area (Å²) in [5, 5.41) is 0.131. The molecule has 146 valence electrons. The van der Waals surface area contributed by atoms with Crippen molar-refractivity contribution in [3.63, 3.8) is 0 Å². The van der Waals surface area contributed by atoms with Gasteiger partial charge in [-0.3, -0.25) is 14.3 Å². The lowest BCUT2D eigenvalue weighted by molar-refractivity contribution is -0.0298. The minimum Gasteiger partial charge on any atom is -0.414 e. The van der Waals surface area contributed by atoms with Crippen LogP contribution in [0.25, 0.3) is 0 Å². The van der Waals surface area contributed by atoms with Crippen molar-refractivity contribution >= 4 is 8.32 Å². The van der Waals surface area contributed by atoms with Crippen LogP contribution >= 0.6 is 0 Å². The van der Waals surface area contributed by atoms with E-state index < -0.39 is 20.2 Å². The number of H-pyrrole nitrogens is 1. The molecule has 0 bridgehead atoms. The third-order valence-electron chi connectivity index (χ3n) is 5.70. The first-order valence-electron chi connectivity index (χ1n) is 9.18. The molecule has 0 saturated carbocycles. The summed E-state index contributed by atoms with van der Waals surface area (Å²) in [4.78, 5) is 26.1. The molecule has 2 rings (SSSR count). The molecule has 1 aliphatic heterocycles. The molecular formula is C19H32N2O4Si. The van der Waals surface area contributed by atoms with Crippen molar-refractivity contribution in [1.82, 2.24) is 9.55 Å². The van der Waals surface area contributed by atoms with Crippen LogP contribution in [0.4, 0.5) is 0 Å². The number of hydrogen-bond acceptors (Lipinski definition) is 4. The SMILES string of the molecule is C=CCC1C[C@H](n2cc(C)c(=O)[nH]c2=O)O[C@@H]1CO[Si](C)(C)C(C)(C)C. The first-order chi connectivity index (χ1) is 12.0. The first kappa shape index (κ1) is 20.9. The zero-order valence-corrected chi connectivity index (χ0v) is 17.8. The zero-order chi connectivity index (χ0) is 19.7. The second-order valence-electron chi connectivity index (χ2n) is 8.70. The normalized spacial score (nSPS) is 24.0. The zero-order valence-electron chi connectivity index (χ0n) is 16.8. The summed E-state index contributed by atoms with van der Waals surface area (Å²) in [7, 11) is -1.88. The van der Waals surface area contributed by atoms with Gasteiger partial charge in [0, 0.05) is 11.8 Å². The standard InChI is InChI=1S/C19H32N2O4Si/c1-8-9-14-10-16(21-11-13(2)17(22)20-18(21)23)25-15(14)12-24-26(6,7)19(3,4)5/h8,11,14-16H,1,9-10,12H2,2-7H3,(H,20,22,23)/t14?,15-,16-/m1/s1. The van der Waals surface area contributed by atoms with Crippen molar-refractivity contribution in [1.29, 1.82) is 0 Å². The molecule has 0 aliphatic carbocycles. The summed E-state index contributed by atoms with van der Waals surface area (Å²) in [5.41, 5.74) is -0.298. The summed E-state index contributed by atoms with van der Waals surface area (Å²) < 4.78 is 14.0. The predicted octanol–water partition coefficient (Wildman–Crippen LogP) is 3.35. The number of hydrogen-bond donors (Lipinski definition) is 1. The van der Waals surface area contributed by atoms with Gasteiger partial charge in [-0.15, -0.1) is 6.58 Å². The Hall–Kier alpha value is -1.44. The molecule has 1 unspecified atom stereocenters. The molecule has 0 spiro atoms. The maximum absolute atomic E-state index is 12.2. The maximum Gasteiger partial charge on any atom is 0.330 e. The Kier molecular flexibility index (Phi) is 6.15. The molecule has 0 aromatic carbocycles. The fourth-order valence-electron chi connectivity index (χ4n) is 2.90. The molecule has 3 atom stereocenters. The van der Waals surface area contributed by atoms with Crippen LogP contribution in [0.5, 0.6) is 0 Å². The van der Waals surface area contributed by atoms with Crippen molar-refractivity contribution in [2.24, 2.45) is 5.92 Å². The van der Waals surface area contributed by atoms with Gasteiger partial charge in [0.25, 0.3) is 5.56 Å². The van der Waals surface area contributed by atoms with Gasteiger partial charge in [0.05, 0.1) is 12.7 Å². The van der Waals surface area contributed by atoms with Gasteiger partial charge >= 0.3 is 5.69 Å². The molecule has 1 aromatic rings. The lowest BCUT2D eigenvalue weighted by Crippen LogP contribution is -2.43. The Labute approximate surface area is 156 Å². The fraction of sp³-hybridized carbons (Fsp3) is 0.684. The van der Waals surface area contributed by atoms with Gasteiger partial charge in [-0.05, 0) is 43.8 Å². The maximum atomic E-state index is 12.2. The topological polar surface area (TPSA) is 73.3 Å². The molecule has 0 radical (unpaired) electrons. The van der Waals surface area contributed by atoms with Crippen LogP contribution in [-0.2, 0) is 9.16 Å². The van der Waals surface area contributed by atoms with Crippen molar-refractivity contribution < 1.29 is 9.16 Å². The largest absolute Gasteiger partial charge is 0.414 e. The van der Waals surface area contributed by atoms with Crippen LogP contribution in [-0.4, -0.2) is 30.6 Å². The van der Waals surface area contributed by atoms with Gasteiger partial charge in [0.2, 0.25) is 0 Å². The molecule has 1 saturated heterocycles. The number of aromatic nitrogens is 2. The Morgan fingerprint density at radius 3 is 2.65 bits per heavy atom. The van der Waals surface area contributed by atoms with E-state index in [0.29, 0.717) is 18.6 Å². The second-order valence-corrected chi connectivity index (χ2v) is 13.5. The molecule has 1 aliphatic rings. The van der Waals surface area contributed by atoms with Crippen molar-refractivity contribution in [2.45, 2.75) is 71.0 Å². The van der Waals surface area contributed by atoms with Gasteiger partial charge in [0.1, 0.15) is 6.23 Å². The average Bonchev–Trinajstić information content (AvgIpc) is 2.91. The first-order valence-corrected chi connectivity index (χ1v) is 12.1. The molecule has 1 fully saturated rings. The van der Waals surface area contributed by atoms with E-state index in [9.17, 15) is 9.59 Å². The highest BCUT2D eigenvalue weighted by Gasteiger charge is 2.41. The van der Waals surface area contributed by atoms with E-state index in [0.717, 1.165) is 6.42 Å². The van der Waals surface area contributed by atoms with Crippen LogP contribution in [0, 0.1) is 12.8 Å². The Balaban J connectivity index is 2.18. The van der Waals surface area contributed by atoms with E-state index in [1.54, 1.807) is 13.1 Å². The third-order valence-corrected chi connectivity index (χ3v) is 10.2. The van der Waals surface area contributed by atoms with E-state index in [1.165, 1.54) is 4.57 Å². The number of ether oxygens (including phenoxy) is 1. The number of nitrogens with zero attached hydrogens (tertiary/aromatic N) is 1. The van der Waals surface area contributed by atoms with E-state index in [2.05, 4.69) is 45.4 Å². The number of aryl methyl sites for hydroxylation is 1. The number of aromatic amines is 1. The Bertz CT molecular complexity index is 760. The van der Waals surface area contributed by atoms with Crippen molar-refractivity contribution in [2.75, 3.05) is 6.61 Å². The predicted molar refractivity (Wildman–Crippen MR) is 106 cm³/mol. The lowest BCUT2D eigenvalue weighted by atomic mass is 9.97. The van der Waals surface area contributed by atoms with Gasteiger partial charge < -0.3 is 9.16 Å². The highest BCUT2D eigenvalue weighted by molar-refractivity contribution is 6.74. The van der Waals surface area contributed by atoms with Crippen LogP contribution in [0.2, 0.25) is 18.1 Å². The van der Waals surface area contributed by atoms with E-state index in [4.69, 9.17) is 9.16 Å². The van der Waals surface area contributed by atoms with Crippen LogP contribution in [0.3, 0.4) is 0 Å². The van der Waals surface area contributed by atoms with Crippen LogP contribution in [0.1, 0.15) is 45.4 Å². The smallest absolute Gasteiger partial charge is 0.330 e.